The largest absolute Gasteiger partial charge is 0.353 e. The van der Waals surface area contributed by atoms with Gasteiger partial charge in [0.15, 0.2) is 0 Å². The van der Waals surface area contributed by atoms with Gasteiger partial charge in [-0.2, -0.15) is 0 Å². The highest BCUT2D eigenvalue weighted by Gasteiger charge is 2.26. The Bertz CT molecular complexity index is 454. The van der Waals surface area contributed by atoms with Crippen LogP contribution in [0.4, 0.5) is 10.2 Å². The molecular formula is C16H26FN3. The third-order valence-corrected chi connectivity index (χ3v) is 3.84. The van der Waals surface area contributed by atoms with E-state index in [4.69, 9.17) is 0 Å². The van der Waals surface area contributed by atoms with Gasteiger partial charge in [0.05, 0.1) is 6.20 Å². The lowest BCUT2D eigenvalue weighted by atomic mass is 10.1. The normalized spacial score (nSPS) is 19.6. The van der Waals surface area contributed by atoms with Crippen molar-refractivity contribution in [1.82, 2.24) is 10.3 Å². The molecule has 0 amide bonds. The number of rotatable bonds is 4. The van der Waals surface area contributed by atoms with Gasteiger partial charge in [0.1, 0.15) is 11.6 Å². The number of anilines is 1. The van der Waals surface area contributed by atoms with Gasteiger partial charge in [-0.1, -0.05) is 6.92 Å². The van der Waals surface area contributed by atoms with Crippen LogP contribution in [0.3, 0.4) is 0 Å². The zero-order valence-electron chi connectivity index (χ0n) is 13.0. The first-order valence-electron chi connectivity index (χ1n) is 7.57. The summed E-state index contributed by atoms with van der Waals surface area (Å²) in [6.07, 6.45) is 4.86. The molecule has 0 aromatic carbocycles. The van der Waals surface area contributed by atoms with Crippen molar-refractivity contribution in [2.75, 3.05) is 11.4 Å². The number of nitrogens with one attached hydrogen (secondary N) is 1. The summed E-state index contributed by atoms with van der Waals surface area (Å²) in [6, 6.07) is 2.16. The van der Waals surface area contributed by atoms with Gasteiger partial charge in [-0.3, -0.25) is 0 Å². The number of aromatic nitrogens is 1. The quantitative estimate of drug-likeness (QED) is 0.914. The lowest BCUT2D eigenvalue weighted by Gasteiger charge is -2.28. The molecule has 1 N–H and O–H groups in total. The van der Waals surface area contributed by atoms with E-state index >= 15 is 0 Å². The maximum Gasteiger partial charge on any atom is 0.141 e. The minimum atomic E-state index is -0.258. The Balaban J connectivity index is 2.23. The molecule has 2 heterocycles. The van der Waals surface area contributed by atoms with Crippen LogP contribution >= 0.6 is 0 Å². The Kier molecular flexibility index (Phi) is 4.63. The molecule has 20 heavy (non-hydrogen) atoms. The zero-order valence-corrected chi connectivity index (χ0v) is 13.0. The summed E-state index contributed by atoms with van der Waals surface area (Å²) in [6.45, 7) is 10.2. The molecule has 112 valence electrons. The predicted octanol–water partition coefficient (Wildman–Crippen LogP) is 3.49. The smallest absolute Gasteiger partial charge is 0.141 e. The SMILES string of the molecule is CCC1CCCN1c1ncc(F)cc1CNC(C)(C)C. The van der Waals surface area contributed by atoms with Gasteiger partial charge in [0.25, 0.3) is 0 Å². The van der Waals surface area contributed by atoms with E-state index in [1.807, 2.05) is 0 Å². The van der Waals surface area contributed by atoms with Crippen molar-refractivity contribution in [3.63, 3.8) is 0 Å². The van der Waals surface area contributed by atoms with Crippen molar-refractivity contribution in [3.05, 3.63) is 23.6 Å². The predicted molar refractivity (Wildman–Crippen MR) is 81.4 cm³/mol. The third-order valence-electron chi connectivity index (χ3n) is 3.84. The highest BCUT2D eigenvalue weighted by Crippen LogP contribution is 2.29. The molecule has 1 aliphatic rings. The Hall–Kier alpha value is -1.16. The van der Waals surface area contributed by atoms with E-state index in [0.29, 0.717) is 12.6 Å². The minimum absolute atomic E-state index is 0.0127. The van der Waals surface area contributed by atoms with Crippen molar-refractivity contribution < 1.29 is 4.39 Å². The lowest BCUT2D eigenvalue weighted by Crippen LogP contribution is -2.36. The molecule has 1 aromatic heterocycles. The summed E-state index contributed by atoms with van der Waals surface area (Å²) in [5.74, 6) is 0.694. The summed E-state index contributed by atoms with van der Waals surface area (Å²) in [5, 5.41) is 3.43. The molecule has 3 nitrogen and oxygen atoms in total. The molecule has 0 aliphatic carbocycles. The summed E-state index contributed by atoms with van der Waals surface area (Å²) in [5.41, 5.74) is 0.971. The number of pyridine rings is 1. The molecule has 1 atom stereocenters. The lowest BCUT2D eigenvalue weighted by molar-refractivity contribution is 0.423. The van der Waals surface area contributed by atoms with E-state index in [-0.39, 0.29) is 11.4 Å². The van der Waals surface area contributed by atoms with E-state index in [1.54, 1.807) is 6.07 Å². The van der Waals surface area contributed by atoms with Gasteiger partial charge < -0.3 is 10.2 Å². The molecular weight excluding hydrogens is 253 g/mol. The monoisotopic (exact) mass is 279 g/mol. The molecule has 1 unspecified atom stereocenters. The van der Waals surface area contributed by atoms with Crippen LogP contribution in [0.1, 0.15) is 52.5 Å². The van der Waals surface area contributed by atoms with Crippen LogP contribution in [-0.2, 0) is 6.54 Å². The van der Waals surface area contributed by atoms with E-state index < -0.39 is 0 Å². The first-order chi connectivity index (χ1) is 9.40. The fourth-order valence-corrected chi connectivity index (χ4v) is 2.76. The molecule has 0 radical (unpaired) electrons. The second kappa shape index (κ2) is 6.08. The van der Waals surface area contributed by atoms with Crippen LogP contribution in [0, 0.1) is 5.82 Å². The molecule has 0 saturated carbocycles. The van der Waals surface area contributed by atoms with Crippen molar-refractivity contribution >= 4 is 5.82 Å². The van der Waals surface area contributed by atoms with Crippen molar-refractivity contribution in [2.24, 2.45) is 0 Å². The number of nitrogens with zero attached hydrogens (tertiary/aromatic N) is 2. The van der Waals surface area contributed by atoms with Crippen molar-refractivity contribution in [1.29, 1.82) is 0 Å². The maximum absolute atomic E-state index is 13.5. The van der Waals surface area contributed by atoms with E-state index in [1.165, 1.54) is 19.0 Å². The number of halogens is 1. The molecule has 1 aromatic rings. The van der Waals surface area contributed by atoms with Gasteiger partial charge in [-0.05, 0) is 46.1 Å². The average molecular weight is 279 g/mol. The van der Waals surface area contributed by atoms with E-state index in [2.05, 4.69) is 42.9 Å². The van der Waals surface area contributed by atoms with Gasteiger partial charge in [0.2, 0.25) is 0 Å². The molecule has 4 heteroatoms. The molecule has 0 spiro atoms. The molecule has 1 aliphatic heterocycles. The van der Waals surface area contributed by atoms with Crippen LogP contribution in [-0.4, -0.2) is 23.1 Å². The van der Waals surface area contributed by atoms with Crippen LogP contribution < -0.4 is 10.2 Å². The Labute approximate surface area is 121 Å². The fourth-order valence-electron chi connectivity index (χ4n) is 2.76. The van der Waals surface area contributed by atoms with Gasteiger partial charge in [-0.25, -0.2) is 9.37 Å². The van der Waals surface area contributed by atoms with E-state index in [9.17, 15) is 4.39 Å². The summed E-state index contributed by atoms with van der Waals surface area (Å²) in [7, 11) is 0. The highest BCUT2D eigenvalue weighted by molar-refractivity contribution is 5.49. The van der Waals surface area contributed by atoms with Crippen LogP contribution in [0.2, 0.25) is 0 Å². The first kappa shape index (κ1) is 15.2. The Morgan fingerprint density at radius 2 is 2.20 bits per heavy atom. The van der Waals surface area contributed by atoms with Gasteiger partial charge in [0, 0.05) is 30.2 Å². The summed E-state index contributed by atoms with van der Waals surface area (Å²) >= 11 is 0. The molecule has 2 rings (SSSR count). The maximum atomic E-state index is 13.5. The molecule has 1 fully saturated rings. The fraction of sp³-hybridized carbons (Fsp3) is 0.688. The summed E-state index contributed by atoms with van der Waals surface area (Å²) in [4.78, 5) is 6.72. The topological polar surface area (TPSA) is 28.2 Å². The number of hydrogen-bond donors (Lipinski definition) is 1. The van der Waals surface area contributed by atoms with Crippen LogP contribution in [0.15, 0.2) is 12.3 Å². The summed E-state index contributed by atoms with van der Waals surface area (Å²) < 4.78 is 13.5. The van der Waals surface area contributed by atoms with Crippen molar-refractivity contribution in [3.8, 4) is 0 Å². The highest BCUT2D eigenvalue weighted by atomic mass is 19.1. The average Bonchev–Trinajstić information content (AvgIpc) is 2.83. The third kappa shape index (κ3) is 3.69. The van der Waals surface area contributed by atoms with E-state index in [0.717, 1.165) is 24.3 Å². The Morgan fingerprint density at radius 1 is 1.45 bits per heavy atom. The van der Waals surface area contributed by atoms with Gasteiger partial charge in [-0.15, -0.1) is 0 Å². The standard InChI is InChI=1S/C16H26FN3/c1-5-14-7-6-8-20(14)15-12(9-13(17)11-18-15)10-19-16(2,3)4/h9,11,14,19H,5-8,10H2,1-4H3. The zero-order chi connectivity index (χ0) is 14.8. The van der Waals surface area contributed by atoms with Crippen LogP contribution in [0.25, 0.3) is 0 Å². The number of hydrogen-bond acceptors (Lipinski definition) is 3. The van der Waals surface area contributed by atoms with Gasteiger partial charge >= 0.3 is 0 Å². The van der Waals surface area contributed by atoms with Crippen LogP contribution in [0.5, 0.6) is 0 Å². The first-order valence-corrected chi connectivity index (χ1v) is 7.57. The Morgan fingerprint density at radius 3 is 2.85 bits per heavy atom. The molecule has 1 saturated heterocycles. The molecule has 0 bridgehead atoms. The second-order valence-corrected chi connectivity index (χ2v) is 6.64. The second-order valence-electron chi connectivity index (χ2n) is 6.64. The minimum Gasteiger partial charge on any atom is -0.353 e. The van der Waals surface area contributed by atoms with Crippen molar-refractivity contribution in [2.45, 2.75) is 65.1 Å².